The molecule has 1 N–H and O–H groups in total. The molecule has 0 amide bonds. The Balaban J connectivity index is 1.99. The highest BCUT2D eigenvalue weighted by molar-refractivity contribution is 9.10. The van der Waals surface area contributed by atoms with Crippen molar-refractivity contribution in [3.8, 4) is 0 Å². The zero-order valence-corrected chi connectivity index (χ0v) is 11.6. The molecule has 94 valence electrons. The lowest BCUT2D eigenvalue weighted by molar-refractivity contribution is -0.0210. The van der Waals surface area contributed by atoms with E-state index in [2.05, 4.69) is 15.9 Å². The molecule has 1 aromatic carbocycles. The minimum absolute atomic E-state index is 0.184. The van der Waals surface area contributed by atoms with Crippen LogP contribution in [0.25, 0.3) is 0 Å². The van der Waals surface area contributed by atoms with E-state index in [0.29, 0.717) is 23.1 Å². The Morgan fingerprint density at radius 2 is 2.41 bits per heavy atom. The van der Waals surface area contributed by atoms with Gasteiger partial charge in [-0.25, -0.2) is 4.39 Å². The van der Waals surface area contributed by atoms with Crippen LogP contribution in [0.15, 0.2) is 22.7 Å². The third-order valence-electron chi connectivity index (χ3n) is 2.72. The number of thioether (sulfide) groups is 1. The van der Waals surface area contributed by atoms with Gasteiger partial charge in [-0.05, 0) is 17.7 Å². The van der Waals surface area contributed by atoms with E-state index < -0.39 is 6.10 Å². The third kappa shape index (κ3) is 3.68. The lowest BCUT2D eigenvalue weighted by Crippen LogP contribution is -2.36. The van der Waals surface area contributed by atoms with Crippen molar-refractivity contribution in [1.29, 1.82) is 0 Å². The lowest BCUT2D eigenvalue weighted by Gasteiger charge is -2.26. The van der Waals surface area contributed by atoms with Crippen LogP contribution >= 0.6 is 27.7 Å². The van der Waals surface area contributed by atoms with Gasteiger partial charge in [0.25, 0.3) is 0 Å². The number of halogens is 2. The van der Waals surface area contributed by atoms with Crippen LogP contribution in [0.5, 0.6) is 0 Å². The highest BCUT2D eigenvalue weighted by Gasteiger charge is 2.23. The Labute approximate surface area is 113 Å². The van der Waals surface area contributed by atoms with Gasteiger partial charge in [0.1, 0.15) is 5.82 Å². The second-order valence-corrected chi connectivity index (χ2v) is 6.06. The fourth-order valence-electron chi connectivity index (χ4n) is 1.77. The predicted octanol–water partition coefficient (Wildman–Crippen LogP) is 2.62. The normalized spacial score (nSPS) is 22.4. The Bertz CT molecular complexity index is 383. The molecule has 0 radical (unpaired) electrons. The molecule has 2 unspecified atom stereocenters. The first-order valence-corrected chi connectivity index (χ1v) is 7.43. The Morgan fingerprint density at radius 3 is 3.06 bits per heavy atom. The van der Waals surface area contributed by atoms with E-state index in [1.807, 2.05) is 0 Å². The Hall–Kier alpha value is -0.100. The third-order valence-corrected chi connectivity index (χ3v) is 4.23. The highest BCUT2D eigenvalue weighted by atomic mass is 79.9. The zero-order valence-electron chi connectivity index (χ0n) is 9.23. The SMILES string of the molecule is OC(Cc1ccc(Br)cc1F)C1CSCCO1. The van der Waals surface area contributed by atoms with Crippen LogP contribution in [0.2, 0.25) is 0 Å². The standard InChI is InChI=1S/C12H14BrFO2S/c13-9-2-1-8(10(14)6-9)5-11(15)12-7-17-4-3-16-12/h1-2,6,11-12,15H,3-5,7H2. The van der Waals surface area contributed by atoms with Gasteiger partial charge in [-0.15, -0.1) is 0 Å². The van der Waals surface area contributed by atoms with Crippen LogP contribution < -0.4 is 0 Å². The molecule has 1 heterocycles. The molecule has 5 heteroatoms. The maximum Gasteiger partial charge on any atom is 0.127 e. The second-order valence-electron chi connectivity index (χ2n) is 3.99. The van der Waals surface area contributed by atoms with Crippen LogP contribution in [-0.2, 0) is 11.2 Å². The molecule has 1 aliphatic heterocycles. The quantitative estimate of drug-likeness (QED) is 0.928. The average molecular weight is 321 g/mol. The molecule has 1 fully saturated rings. The topological polar surface area (TPSA) is 29.5 Å². The minimum Gasteiger partial charge on any atom is -0.390 e. The number of aliphatic hydroxyl groups excluding tert-OH is 1. The summed E-state index contributed by atoms with van der Waals surface area (Å²) in [5.74, 6) is 1.46. The fourth-order valence-corrected chi connectivity index (χ4v) is 3.04. The summed E-state index contributed by atoms with van der Waals surface area (Å²) in [6, 6.07) is 4.89. The summed E-state index contributed by atoms with van der Waals surface area (Å²) < 4.78 is 19.8. The minimum atomic E-state index is -0.640. The van der Waals surface area contributed by atoms with E-state index in [1.54, 1.807) is 23.9 Å². The summed E-state index contributed by atoms with van der Waals surface area (Å²) in [5.41, 5.74) is 0.528. The molecule has 0 spiro atoms. The monoisotopic (exact) mass is 320 g/mol. The van der Waals surface area contributed by atoms with E-state index >= 15 is 0 Å². The van der Waals surface area contributed by atoms with Crippen LogP contribution in [0.4, 0.5) is 4.39 Å². The second kappa shape index (κ2) is 6.18. The summed E-state index contributed by atoms with van der Waals surface area (Å²) in [4.78, 5) is 0. The molecule has 0 saturated carbocycles. The first kappa shape index (κ1) is 13.3. The molecule has 1 aliphatic rings. The van der Waals surface area contributed by atoms with E-state index in [-0.39, 0.29) is 11.9 Å². The van der Waals surface area contributed by atoms with E-state index in [4.69, 9.17) is 4.74 Å². The maximum absolute atomic E-state index is 13.6. The lowest BCUT2D eigenvalue weighted by atomic mass is 10.0. The van der Waals surface area contributed by atoms with Crippen molar-refractivity contribution in [3.05, 3.63) is 34.1 Å². The Kier molecular flexibility index (Phi) is 4.85. The molecule has 1 aromatic rings. The summed E-state index contributed by atoms with van der Waals surface area (Å²) in [7, 11) is 0. The molecular weight excluding hydrogens is 307 g/mol. The first-order valence-electron chi connectivity index (χ1n) is 5.48. The van der Waals surface area contributed by atoms with E-state index in [1.165, 1.54) is 6.07 Å². The largest absolute Gasteiger partial charge is 0.390 e. The van der Waals surface area contributed by atoms with E-state index in [0.717, 1.165) is 11.5 Å². The maximum atomic E-state index is 13.6. The van der Waals surface area contributed by atoms with Crippen molar-refractivity contribution in [2.75, 3.05) is 18.1 Å². The summed E-state index contributed by atoms with van der Waals surface area (Å²) in [6.45, 7) is 0.662. The summed E-state index contributed by atoms with van der Waals surface area (Å²) in [5, 5.41) is 10.0. The van der Waals surface area contributed by atoms with Gasteiger partial charge in [-0.1, -0.05) is 22.0 Å². The van der Waals surface area contributed by atoms with Crippen molar-refractivity contribution in [1.82, 2.24) is 0 Å². The van der Waals surface area contributed by atoms with Crippen LogP contribution in [0.1, 0.15) is 5.56 Å². The molecule has 2 atom stereocenters. The number of benzene rings is 1. The van der Waals surface area contributed by atoms with E-state index in [9.17, 15) is 9.50 Å². The number of aliphatic hydroxyl groups is 1. The zero-order chi connectivity index (χ0) is 12.3. The van der Waals surface area contributed by atoms with Crippen molar-refractivity contribution in [3.63, 3.8) is 0 Å². The molecule has 1 saturated heterocycles. The summed E-state index contributed by atoms with van der Waals surface area (Å²) >= 11 is 4.97. The molecule has 0 aliphatic carbocycles. The van der Waals surface area contributed by atoms with Crippen LogP contribution in [-0.4, -0.2) is 35.4 Å². The Morgan fingerprint density at radius 1 is 1.59 bits per heavy atom. The van der Waals surface area contributed by atoms with Gasteiger partial charge in [0.15, 0.2) is 0 Å². The molecule has 0 bridgehead atoms. The fraction of sp³-hybridized carbons (Fsp3) is 0.500. The molecule has 0 aromatic heterocycles. The average Bonchev–Trinajstić information content (AvgIpc) is 2.34. The van der Waals surface area contributed by atoms with Gasteiger partial charge in [0, 0.05) is 22.4 Å². The van der Waals surface area contributed by atoms with Gasteiger partial charge in [0.05, 0.1) is 18.8 Å². The van der Waals surface area contributed by atoms with Crippen molar-refractivity contribution >= 4 is 27.7 Å². The highest BCUT2D eigenvalue weighted by Crippen LogP contribution is 2.21. The smallest absolute Gasteiger partial charge is 0.127 e. The number of hydrogen-bond donors (Lipinski definition) is 1. The van der Waals surface area contributed by atoms with Gasteiger partial charge >= 0.3 is 0 Å². The van der Waals surface area contributed by atoms with Gasteiger partial charge in [-0.2, -0.15) is 11.8 Å². The predicted molar refractivity (Wildman–Crippen MR) is 70.9 cm³/mol. The number of ether oxygens (including phenoxy) is 1. The molecule has 2 nitrogen and oxygen atoms in total. The van der Waals surface area contributed by atoms with Crippen LogP contribution in [0, 0.1) is 5.82 Å². The molecular formula is C12H14BrFO2S. The van der Waals surface area contributed by atoms with Crippen molar-refractivity contribution in [2.24, 2.45) is 0 Å². The van der Waals surface area contributed by atoms with Crippen molar-refractivity contribution < 1.29 is 14.2 Å². The summed E-state index contributed by atoms with van der Waals surface area (Å²) in [6.07, 6.45) is -0.528. The first-order chi connectivity index (χ1) is 8.16. The van der Waals surface area contributed by atoms with Gasteiger partial charge < -0.3 is 9.84 Å². The van der Waals surface area contributed by atoms with Crippen LogP contribution in [0.3, 0.4) is 0 Å². The molecule has 17 heavy (non-hydrogen) atoms. The van der Waals surface area contributed by atoms with Crippen molar-refractivity contribution in [2.45, 2.75) is 18.6 Å². The van der Waals surface area contributed by atoms with Gasteiger partial charge in [-0.3, -0.25) is 0 Å². The van der Waals surface area contributed by atoms with Gasteiger partial charge in [0.2, 0.25) is 0 Å². The molecule has 2 rings (SSSR count). The number of hydrogen-bond acceptors (Lipinski definition) is 3. The number of rotatable bonds is 3.